The topological polar surface area (TPSA) is 12.9 Å². The first kappa shape index (κ1) is 12.6. The van der Waals surface area contributed by atoms with Gasteiger partial charge in [0.15, 0.2) is 5.82 Å². The molecule has 2 rings (SSSR count). The molecule has 1 aromatic heterocycles. The van der Waals surface area contributed by atoms with Crippen molar-refractivity contribution in [1.82, 2.24) is 4.98 Å². The van der Waals surface area contributed by atoms with Gasteiger partial charge in [-0.3, -0.25) is 4.98 Å². The second-order valence-electron chi connectivity index (χ2n) is 3.54. The van der Waals surface area contributed by atoms with Crippen LogP contribution in [0.15, 0.2) is 31.0 Å². The lowest BCUT2D eigenvalue weighted by Crippen LogP contribution is -1.95. The molecular formula is C13H7ClF3N. The first-order chi connectivity index (χ1) is 8.52. The maximum absolute atomic E-state index is 13.6. The molecule has 1 heterocycles. The summed E-state index contributed by atoms with van der Waals surface area (Å²) in [5, 5.41) is 0.0959. The molecule has 0 atom stereocenters. The Morgan fingerprint density at radius 3 is 2.44 bits per heavy atom. The van der Waals surface area contributed by atoms with Gasteiger partial charge in [-0.15, -0.1) is 0 Å². The molecule has 1 aromatic carbocycles. The lowest BCUT2D eigenvalue weighted by Gasteiger charge is -2.08. The zero-order valence-corrected chi connectivity index (χ0v) is 9.81. The molecule has 0 amide bonds. The van der Waals surface area contributed by atoms with Crippen molar-refractivity contribution in [2.75, 3.05) is 0 Å². The summed E-state index contributed by atoms with van der Waals surface area (Å²) in [4.78, 5) is 3.62. The van der Waals surface area contributed by atoms with E-state index in [-0.39, 0.29) is 21.8 Å². The van der Waals surface area contributed by atoms with E-state index >= 15 is 0 Å². The number of pyridine rings is 1. The lowest BCUT2D eigenvalue weighted by molar-refractivity contribution is 0.576. The van der Waals surface area contributed by atoms with E-state index in [0.717, 1.165) is 12.3 Å². The normalized spacial score (nSPS) is 10.4. The molecule has 0 bridgehead atoms. The number of hydrogen-bond donors (Lipinski definition) is 0. The maximum Gasteiger partial charge on any atom is 0.152 e. The van der Waals surface area contributed by atoms with Crippen LogP contribution in [0.25, 0.3) is 17.3 Å². The van der Waals surface area contributed by atoms with E-state index in [0.29, 0.717) is 6.07 Å². The van der Waals surface area contributed by atoms with Gasteiger partial charge in [-0.05, 0) is 12.1 Å². The number of rotatable bonds is 2. The lowest BCUT2D eigenvalue weighted by atomic mass is 10.0. The van der Waals surface area contributed by atoms with Crippen molar-refractivity contribution in [3.8, 4) is 11.3 Å². The largest absolute Gasteiger partial charge is 0.250 e. The van der Waals surface area contributed by atoms with E-state index in [1.807, 2.05) is 0 Å². The molecule has 0 fully saturated rings. The van der Waals surface area contributed by atoms with Gasteiger partial charge in [0.05, 0.1) is 6.20 Å². The Morgan fingerprint density at radius 1 is 1.11 bits per heavy atom. The third-order valence-corrected chi connectivity index (χ3v) is 2.58. The van der Waals surface area contributed by atoms with Gasteiger partial charge in [-0.2, -0.15) is 0 Å². The van der Waals surface area contributed by atoms with Crippen molar-refractivity contribution in [1.29, 1.82) is 0 Å². The monoisotopic (exact) mass is 269 g/mol. The first-order valence-electron chi connectivity index (χ1n) is 4.96. The van der Waals surface area contributed by atoms with E-state index in [1.54, 1.807) is 0 Å². The fourth-order valence-electron chi connectivity index (χ4n) is 1.60. The Bertz CT molecular complexity index is 626. The second kappa shape index (κ2) is 4.82. The van der Waals surface area contributed by atoms with Gasteiger partial charge in [0, 0.05) is 22.2 Å². The molecule has 0 aliphatic carbocycles. The van der Waals surface area contributed by atoms with Gasteiger partial charge in [0.2, 0.25) is 0 Å². The summed E-state index contributed by atoms with van der Waals surface area (Å²) in [6, 6.07) is 3.11. The average Bonchev–Trinajstić information content (AvgIpc) is 2.28. The van der Waals surface area contributed by atoms with E-state index in [4.69, 9.17) is 11.6 Å². The Balaban J connectivity index is 2.73. The van der Waals surface area contributed by atoms with Crippen molar-refractivity contribution in [3.63, 3.8) is 0 Å². The highest BCUT2D eigenvalue weighted by atomic mass is 35.5. The first-order valence-corrected chi connectivity index (χ1v) is 5.33. The molecule has 0 unspecified atom stereocenters. The highest BCUT2D eigenvalue weighted by Crippen LogP contribution is 2.30. The molecule has 92 valence electrons. The van der Waals surface area contributed by atoms with Crippen LogP contribution in [0.2, 0.25) is 5.02 Å². The molecule has 5 heteroatoms. The van der Waals surface area contributed by atoms with Crippen LogP contribution in [0.4, 0.5) is 13.2 Å². The molecule has 0 radical (unpaired) electrons. The van der Waals surface area contributed by atoms with E-state index in [9.17, 15) is 13.2 Å². The minimum absolute atomic E-state index is 0.0670. The van der Waals surface area contributed by atoms with Crippen LogP contribution >= 0.6 is 11.6 Å². The minimum Gasteiger partial charge on any atom is -0.250 e. The van der Waals surface area contributed by atoms with Gasteiger partial charge in [-0.25, -0.2) is 13.2 Å². The molecule has 0 aliphatic rings. The van der Waals surface area contributed by atoms with Crippen LogP contribution in [0.1, 0.15) is 5.56 Å². The predicted octanol–water partition coefficient (Wildman–Crippen LogP) is 4.46. The van der Waals surface area contributed by atoms with Crippen LogP contribution in [0.3, 0.4) is 0 Å². The van der Waals surface area contributed by atoms with E-state index < -0.39 is 17.5 Å². The number of nitrogens with zero attached hydrogens (tertiary/aromatic N) is 1. The van der Waals surface area contributed by atoms with Gasteiger partial charge >= 0.3 is 0 Å². The maximum atomic E-state index is 13.6. The molecule has 0 N–H and O–H groups in total. The van der Waals surface area contributed by atoms with Crippen molar-refractivity contribution in [2.24, 2.45) is 0 Å². The van der Waals surface area contributed by atoms with Gasteiger partial charge in [0.25, 0.3) is 0 Å². The summed E-state index contributed by atoms with van der Waals surface area (Å²) in [6.45, 7) is 3.45. The third kappa shape index (κ3) is 2.24. The Kier molecular flexibility index (Phi) is 3.39. The van der Waals surface area contributed by atoms with Crippen molar-refractivity contribution >= 4 is 17.7 Å². The number of halogens is 4. The predicted molar refractivity (Wildman–Crippen MR) is 64.6 cm³/mol. The summed E-state index contributed by atoms with van der Waals surface area (Å²) in [5.41, 5.74) is 0.0256. The molecular weight excluding hydrogens is 263 g/mol. The summed E-state index contributed by atoms with van der Waals surface area (Å²) < 4.78 is 40.0. The van der Waals surface area contributed by atoms with E-state index in [1.165, 1.54) is 12.1 Å². The molecule has 2 aromatic rings. The van der Waals surface area contributed by atoms with Crippen LogP contribution in [0.5, 0.6) is 0 Å². The van der Waals surface area contributed by atoms with Crippen molar-refractivity contribution < 1.29 is 13.2 Å². The van der Waals surface area contributed by atoms with Crippen molar-refractivity contribution in [3.05, 3.63) is 59.0 Å². The Morgan fingerprint density at radius 2 is 1.83 bits per heavy atom. The Labute approximate surface area is 107 Å². The fraction of sp³-hybridized carbons (Fsp3) is 0. The van der Waals surface area contributed by atoms with Crippen LogP contribution in [-0.4, -0.2) is 4.98 Å². The van der Waals surface area contributed by atoms with Crippen LogP contribution in [-0.2, 0) is 0 Å². The van der Waals surface area contributed by atoms with Crippen molar-refractivity contribution in [2.45, 2.75) is 0 Å². The van der Waals surface area contributed by atoms with E-state index in [2.05, 4.69) is 11.6 Å². The van der Waals surface area contributed by atoms with Crippen LogP contribution < -0.4 is 0 Å². The summed E-state index contributed by atoms with van der Waals surface area (Å²) >= 11 is 5.71. The minimum atomic E-state index is -0.889. The third-order valence-electron chi connectivity index (χ3n) is 2.36. The molecule has 0 aliphatic heterocycles. The summed E-state index contributed by atoms with van der Waals surface area (Å²) in [6.07, 6.45) is 2.08. The second-order valence-corrected chi connectivity index (χ2v) is 3.97. The highest BCUT2D eigenvalue weighted by molar-refractivity contribution is 6.31. The highest BCUT2D eigenvalue weighted by Gasteiger charge is 2.15. The zero-order valence-electron chi connectivity index (χ0n) is 9.05. The quantitative estimate of drug-likeness (QED) is 0.784. The van der Waals surface area contributed by atoms with Gasteiger partial charge in [-0.1, -0.05) is 24.3 Å². The molecule has 1 nitrogen and oxygen atoms in total. The summed E-state index contributed by atoms with van der Waals surface area (Å²) in [5.74, 6) is -2.34. The van der Waals surface area contributed by atoms with Gasteiger partial charge < -0.3 is 0 Å². The van der Waals surface area contributed by atoms with Gasteiger partial charge in [0.1, 0.15) is 17.3 Å². The van der Waals surface area contributed by atoms with Crippen LogP contribution in [0, 0.1) is 17.5 Å². The molecule has 18 heavy (non-hydrogen) atoms. The molecule has 0 saturated heterocycles. The molecule has 0 saturated carbocycles. The fourth-order valence-corrected chi connectivity index (χ4v) is 1.81. The smallest absolute Gasteiger partial charge is 0.152 e. The Hall–Kier alpha value is -1.81. The average molecular weight is 270 g/mol. The standard InChI is InChI=1S/C13H7ClF3N/c1-2-9-10(3-7(14)4-11(9)16)13-12(17)5-8(15)6-18-13/h2-6H,1H2. The zero-order chi connectivity index (χ0) is 13.3. The number of aromatic nitrogens is 1. The SMILES string of the molecule is C=Cc1c(F)cc(Cl)cc1-c1ncc(F)cc1F. The number of hydrogen-bond acceptors (Lipinski definition) is 1. The summed E-state index contributed by atoms with van der Waals surface area (Å²) in [7, 11) is 0. The molecule has 0 spiro atoms. The number of benzene rings is 1.